The smallest absolute Gasteiger partial charge is 0.241 e. The summed E-state index contributed by atoms with van der Waals surface area (Å²) in [5, 5.41) is 2.87. The maximum atomic E-state index is 12.9. The number of hydrogen-bond donors (Lipinski definition) is 2. The highest BCUT2D eigenvalue weighted by atomic mass is 32.2. The van der Waals surface area contributed by atoms with Gasteiger partial charge in [-0.05, 0) is 55.2 Å². The monoisotopic (exact) mass is 452 g/mol. The van der Waals surface area contributed by atoms with Gasteiger partial charge in [-0.3, -0.25) is 4.79 Å². The van der Waals surface area contributed by atoms with Crippen LogP contribution in [0, 0.1) is 6.92 Å². The lowest BCUT2D eigenvalue weighted by molar-refractivity contribution is -0.122. The summed E-state index contributed by atoms with van der Waals surface area (Å²) >= 11 is 0. The summed E-state index contributed by atoms with van der Waals surface area (Å²) in [6, 6.07) is 22.6. The highest BCUT2D eigenvalue weighted by Crippen LogP contribution is 2.13. The Balaban J connectivity index is 1.69. The molecule has 6 nitrogen and oxygen atoms in total. The number of aryl methyl sites for hydroxylation is 1. The van der Waals surface area contributed by atoms with Crippen LogP contribution in [0.3, 0.4) is 0 Å². The lowest BCUT2D eigenvalue weighted by Crippen LogP contribution is -2.48. The Morgan fingerprint density at radius 1 is 0.906 bits per heavy atom. The van der Waals surface area contributed by atoms with Crippen LogP contribution in [0.5, 0.6) is 5.75 Å². The molecule has 2 N–H and O–H groups in total. The molecule has 7 heteroatoms. The van der Waals surface area contributed by atoms with Gasteiger partial charge in [-0.1, -0.05) is 60.2 Å². The second-order valence-electron chi connectivity index (χ2n) is 7.57. The maximum absolute atomic E-state index is 12.9. The van der Waals surface area contributed by atoms with Crippen LogP contribution in [0.25, 0.3) is 0 Å². The minimum absolute atomic E-state index is 0.132. The zero-order valence-corrected chi connectivity index (χ0v) is 19.1. The Kier molecular flexibility index (Phi) is 8.03. The van der Waals surface area contributed by atoms with Crippen LogP contribution in [0.15, 0.2) is 83.8 Å². The van der Waals surface area contributed by atoms with E-state index in [0.717, 1.165) is 22.4 Å². The van der Waals surface area contributed by atoms with Gasteiger partial charge in [0.2, 0.25) is 15.9 Å². The van der Waals surface area contributed by atoms with E-state index >= 15 is 0 Å². The summed E-state index contributed by atoms with van der Waals surface area (Å²) in [7, 11) is -2.24. The fourth-order valence-electron chi connectivity index (χ4n) is 3.26. The van der Waals surface area contributed by atoms with Gasteiger partial charge in [0.05, 0.1) is 12.0 Å². The van der Waals surface area contributed by atoms with Crippen LogP contribution in [0.2, 0.25) is 0 Å². The molecule has 0 saturated heterocycles. The van der Waals surface area contributed by atoms with E-state index in [1.165, 1.54) is 0 Å². The molecular formula is C25H28N2O4S. The molecule has 0 aromatic heterocycles. The zero-order valence-electron chi connectivity index (χ0n) is 18.2. The van der Waals surface area contributed by atoms with Gasteiger partial charge in [0.25, 0.3) is 0 Å². The van der Waals surface area contributed by atoms with Crippen molar-refractivity contribution < 1.29 is 17.9 Å². The first-order valence-corrected chi connectivity index (χ1v) is 11.9. The first-order valence-electron chi connectivity index (χ1n) is 10.4. The Hall–Kier alpha value is -3.16. The minimum atomic E-state index is -3.85. The molecule has 0 saturated carbocycles. The molecule has 0 bridgehead atoms. The van der Waals surface area contributed by atoms with Crippen LogP contribution in [-0.4, -0.2) is 34.0 Å². The van der Waals surface area contributed by atoms with Crippen LogP contribution >= 0.6 is 0 Å². The molecule has 0 aliphatic rings. The lowest BCUT2D eigenvalue weighted by Gasteiger charge is -2.19. The third-order valence-corrected chi connectivity index (χ3v) is 6.59. The summed E-state index contributed by atoms with van der Waals surface area (Å²) in [6.07, 6.45) is 0.874. The Morgan fingerprint density at radius 3 is 2.19 bits per heavy atom. The third kappa shape index (κ3) is 6.67. The number of hydrogen-bond acceptors (Lipinski definition) is 4. The predicted molar refractivity (Wildman–Crippen MR) is 125 cm³/mol. The largest absolute Gasteiger partial charge is 0.497 e. The van der Waals surface area contributed by atoms with Crippen molar-refractivity contribution in [2.75, 3.05) is 13.7 Å². The van der Waals surface area contributed by atoms with Gasteiger partial charge in [-0.25, -0.2) is 8.42 Å². The van der Waals surface area contributed by atoms with Crippen LogP contribution < -0.4 is 14.8 Å². The van der Waals surface area contributed by atoms with E-state index in [0.29, 0.717) is 13.0 Å². The normalized spacial score (nSPS) is 12.2. The topological polar surface area (TPSA) is 84.5 Å². The highest BCUT2D eigenvalue weighted by molar-refractivity contribution is 7.89. The van der Waals surface area contributed by atoms with Crippen molar-refractivity contribution in [1.29, 1.82) is 0 Å². The molecule has 32 heavy (non-hydrogen) atoms. The van der Waals surface area contributed by atoms with Gasteiger partial charge < -0.3 is 10.1 Å². The Labute approximate surface area is 189 Å². The van der Waals surface area contributed by atoms with Crippen molar-refractivity contribution in [2.45, 2.75) is 30.7 Å². The average molecular weight is 453 g/mol. The molecule has 0 fully saturated rings. The standard InChI is InChI=1S/C25H28N2O4S/c1-19-8-14-23(15-9-19)32(29,30)27-24(18-21-6-4-3-5-7-21)25(28)26-17-16-20-10-12-22(31-2)13-11-20/h3-15,24,27H,16-18H2,1-2H3,(H,26,28)/t24-/m0/s1. The van der Waals surface area contributed by atoms with Crippen LogP contribution in [0.1, 0.15) is 16.7 Å². The van der Waals surface area contributed by atoms with Gasteiger partial charge in [-0.15, -0.1) is 0 Å². The summed E-state index contributed by atoms with van der Waals surface area (Å²) in [5.41, 5.74) is 2.88. The lowest BCUT2D eigenvalue weighted by atomic mass is 10.1. The summed E-state index contributed by atoms with van der Waals surface area (Å²) < 4.78 is 33.5. The molecule has 3 aromatic carbocycles. The number of methoxy groups -OCH3 is 1. The summed E-state index contributed by atoms with van der Waals surface area (Å²) in [4.78, 5) is 13.1. The molecular weight excluding hydrogens is 424 g/mol. The zero-order chi connectivity index (χ0) is 23.0. The van der Waals surface area contributed by atoms with Crippen LogP contribution in [0.4, 0.5) is 0 Å². The van der Waals surface area contributed by atoms with Crippen molar-refractivity contribution in [3.05, 3.63) is 95.6 Å². The molecule has 0 radical (unpaired) electrons. The van der Waals surface area contributed by atoms with Gasteiger partial charge in [-0.2, -0.15) is 4.72 Å². The molecule has 0 aliphatic carbocycles. The molecule has 0 unspecified atom stereocenters. The van der Waals surface area contributed by atoms with Crippen LogP contribution in [-0.2, 0) is 27.7 Å². The molecule has 0 aliphatic heterocycles. The summed E-state index contributed by atoms with van der Waals surface area (Å²) in [5.74, 6) is 0.407. The number of carbonyl (C=O) groups excluding carboxylic acids is 1. The Bertz CT molecular complexity index is 1110. The first kappa shape index (κ1) is 23.5. The maximum Gasteiger partial charge on any atom is 0.241 e. The molecule has 3 rings (SSSR count). The molecule has 168 valence electrons. The van der Waals surface area contributed by atoms with E-state index in [-0.39, 0.29) is 17.2 Å². The summed E-state index contributed by atoms with van der Waals surface area (Å²) in [6.45, 7) is 2.28. The molecule has 3 aromatic rings. The minimum Gasteiger partial charge on any atom is -0.497 e. The van der Waals surface area contributed by atoms with Crippen molar-refractivity contribution in [3.63, 3.8) is 0 Å². The molecule has 0 spiro atoms. The van der Waals surface area contributed by atoms with Gasteiger partial charge in [0, 0.05) is 6.54 Å². The van der Waals surface area contributed by atoms with Gasteiger partial charge >= 0.3 is 0 Å². The fraction of sp³-hybridized carbons (Fsp3) is 0.240. The second kappa shape index (κ2) is 10.9. The third-order valence-electron chi connectivity index (χ3n) is 5.10. The molecule has 1 atom stereocenters. The predicted octanol–water partition coefficient (Wildman–Crippen LogP) is 3.25. The second-order valence-corrected chi connectivity index (χ2v) is 9.28. The van der Waals surface area contributed by atoms with Crippen molar-refractivity contribution >= 4 is 15.9 Å². The van der Waals surface area contributed by atoms with Crippen molar-refractivity contribution in [1.82, 2.24) is 10.0 Å². The number of sulfonamides is 1. The number of benzene rings is 3. The number of rotatable bonds is 10. The number of nitrogens with one attached hydrogen (secondary N) is 2. The number of carbonyl (C=O) groups is 1. The highest BCUT2D eigenvalue weighted by Gasteiger charge is 2.26. The first-order chi connectivity index (χ1) is 15.4. The van der Waals surface area contributed by atoms with E-state index in [4.69, 9.17) is 4.74 Å². The van der Waals surface area contributed by atoms with Crippen molar-refractivity contribution in [3.8, 4) is 5.75 Å². The fourth-order valence-corrected chi connectivity index (χ4v) is 4.45. The number of amides is 1. The quantitative estimate of drug-likeness (QED) is 0.495. The van der Waals surface area contributed by atoms with Crippen molar-refractivity contribution in [2.24, 2.45) is 0 Å². The van der Waals surface area contributed by atoms with E-state index in [2.05, 4.69) is 10.0 Å². The van der Waals surface area contributed by atoms with Gasteiger partial charge in [0.15, 0.2) is 0 Å². The van der Waals surface area contributed by atoms with E-state index in [1.807, 2.05) is 61.5 Å². The molecule has 1 amide bonds. The average Bonchev–Trinajstić information content (AvgIpc) is 2.80. The number of ether oxygens (including phenoxy) is 1. The van der Waals surface area contributed by atoms with E-state index in [1.54, 1.807) is 31.4 Å². The molecule has 0 heterocycles. The van der Waals surface area contributed by atoms with E-state index < -0.39 is 16.1 Å². The van der Waals surface area contributed by atoms with E-state index in [9.17, 15) is 13.2 Å². The SMILES string of the molecule is COc1ccc(CCNC(=O)[C@H](Cc2ccccc2)NS(=O)(=O)c2ccc(C)cc2)cc1. The Morgan fingerprint density at radius 2 is 1.56 bits per heavy atom. The van der Waals surface area contributed by atoms with Gasteiger partial charge in [0.1, 0.15) is 11.8 Å².